The van der Waals surface area contributed by atoms with E-state index in [-0.39, 0.29) is 4.90 Å². The molecule has 0 aliphatic heterocycles. The number of sulfonamides is 1. The zero-order valence-corrected chi connectivity index (χ0v) is 12.8. The molecule has 2 aromatic carbocycles. The number of hydrogen-bond donors (Lipinski definition) is 2. The van der Waals surface area contributed by atoms with Crippen molar-refractivity contribution in [3.8, 4) is 5.75 Å². The summed E-state index contributed by atoms with van der Waals surface area (Å²) < 4.78 is 29.4. The summed E-state index contributed by atoms with van der Waals surface area (Å²) in [6, 6.07) is 14.2. The highest BCUT2D eigenvalue weighted by molar-refractivity contribution is 7.89. The number of benzene rings is 2. The predicted molar refractivity (Wildman–Crippen MR) is 81.8 cm³/mol. The molecule has 0 saturated heterocycles. The molecule has 2 rings (SSSR count). The fourth-order valence-corrected chi connectivity index (χ4v) is 2.56. The van der Waals surface area contributed by atoms with Crippen LogP contribution < -0.4 is 15.0 Å². The topological polar surface area (TPSA) is 84.5 Å². The maximum absolute atomic E-state index is 12.1. The van der Waals surface area contributed by atoms with Crippen LogP contribution in [0.4, 0.5) is 0 Å². The molecule has 0 aromatic heterocycles. The summed E-state index contributed by atoms with van der Waals surface area (Å²) in [4.78, 5) is 13.9. The number of amides is 1. The van der Waals surface area contributed by atoms with E-state index >= 15 is 0 Å². The molecular formula is C15H16N2O4S. The first-order chi connectivity index (χ1) is 10.5. The molecule has 0 aliphatic rings. The molecule has 22 heavy (non-hydrogen) atoms. The van der Waals surface area contributed by atoms with Gasteiger partial charge in [-0.3, -0.25) is 10.2 Å². The maximum Gasteiger partial charge on any atom is 0.266 e. The molecule has 0 bridgehead atoms. The molecule has 7 heteroatoms. The van der Waals surface area contributed by atoms with Gasteiger partial charge in [0.05, 0.1) is 11.5 Å². The third-order valence-electron chi connectivity index (χ3n) is 2.78. The first kappa shape index (κ1) is 16.0. The Hall–Kier alpha value is -2.38. The van der Waals surface area contributed by atoms with Crippen molar-refractivity contribution < 1.29 is 17.9 Å². The molecule has 116 valence electrons. The molecule has 6 nitrogen and oxygen atoms in total. The van der Waals surface area contributed by atoms with Gasteiger partial charge in [-0.1, -0.05) is 18.2 Å². The average Bonchev–Trinajstić information content (AvgIpc) is 2.54. The van der Waals surface area contributed by atoms with Crippen molar-refractivity contribution in [3.05, 3.63) is 60.2 Å². The number of rotatable bonds is 6. The molecule has 0 radical (unpaired) electrons. The Morgan fingerprint density at radius 2 is 1.68 bits per heavy atom. The van der Waals surface area contributed by atoms with E-state index in [1.54, 1.807) is 42.5 Å². The van der Waals surface area contributed by atoms with E-state index in [9.17, 15) is 13.2 Å². The van der Waals surface area contributed by atoms with Crippen LogP contribution >= 0.6 is 0 Å². The Morgan fingerprint density at radius 1 is 1.05 bits per heavy atom. The van der Waals surface area contributed by atoms with E-state index in [4.69, 9.17) is 4.74 Å². The second kappa shape index (κ2) is 7.06. The van der Waals surface area contributed by atoms with Gasteiger partial charge in [-0.15, -0.1) is 4.83 Å². The van der Waals surface area contributed by atoms with E-state index in [1.807, 2.05) is 6.92 Å². The Kier molecular flexibility index (Phi) is 5.13. The van der Waals surface area contributed by atoms with Crippen LogP contribution in [0.15, 0.2) is 59.5 Å². The van der Waals surface area contributed by atoms with Gasteiger partial charge in [0.1, 0.15) is 5.75 Å². The normalized spacial score (nSPS) is 11.0. The van der Waals surface area contributed by atoms with Crippen LogP contribution in [0.5, 0.6) is 5.75 Å². The van der Waals surface area contributed by atoms with Gasteiger partial charge in [0.2, 0.25) is 0 Å². The minimum Gasteiger partial charge on any atom is -0.494 e. The highest BCUT2D eigenvalue weighted by Gasteiger charge is 2.15. The summed E-state index contributed by atoms with van der Waals surface area (Å²) in [5, 5.41) is 0. The number of ether oxygens (including phenoxy) is 1. The van der Waals surface area contributed by atoms with Gasteiger partial charge in [0.15, 0.2) is 0 Å². The first-order valence-corrected chi connectivity index (χ1v) is 8.11. The zero-order valence-electron chi connectivity index (χ0n) is 11.9. The number of carbonyl (C=O) groups excluding carboxylic acids is 1. The number of nitrogens with one attached hydrogen (secondary N) is 2. The second-order valence-electron chi connectivity index (χ2n) is 4.33. The molecular weight excluding hydrogens is 304 g/mol. The van der Waals surface area contributed by atoms with Crippen LogP contribution in [0.1, 0.15) is 17.3 Å². The fraction of sp³-hybridized carbons (Fsp3) is 0.133. The summed E-state index contributed by atoms with van der Waals surface area (Å²) >= 11 is 0. The van der Waals surface area contributed by atoms with Crippen molar-refractivity contribution in [2.75, 3.05) is 6.61 Å². The molecule has 0 unspecified atom stereocenters. The molecule has 2 N–H and O–H groups in total. The molecule has 0 saturated carbocycles. The van der Waals surface area contributed by atoms with Gasteiger partial charge in [0, 0.05) is 5.56 Å². The fourth-order valence-electron chi connectivity index (χ4n) is 1.72. The van der Waals surface area contributed by atoms with Gasteiger partial charge in [0.25, 0.3) is 15.9 Å². The van der Waals surface area contributed by atoms with Crippen LogP contribution in [0.3, 0.4) is 0 Å². The summed E-state index contributed by atoms with van der Waals surface area (Å²) in [5.74, 6) is 0.0462. The minimum atomic E-state index is -3.83. The van der Waals surface area contributed by atoms with Crippen LogP contribution in [-0.4, -0.2) is 20.9 Å². The Bertz CT molecular complexity index is 728. The largest absolute Gasteiger partial charge is 0.494 e. The molecule has 0 heterocycles. The van der Waals surface area contributed by atoms with Gasteiger partial charge >= 0.3 is 0 Å². The van der Waals surface area contributed by atoms with Crippen molar-refractivity contribution in [1.82, 2.24) is 10.3 Å². The lowest BCUT2D eigenvalue weighted by atomic mass is 10.2. The third kappa shape index (κ3) is 4.06. The van der Waals surface area contributed by atoms with Crippen molar-refractivity contribution in [2.45, 2.75) is 11.8 Å². The maximum atomic E-state index is 12.1. The summed E-state index contributed by atoms with van der Waals surface area (Å²) in [6.45, 7) is 2.34. The van der Waals surface area contributed by atoms with E-state index in [0.717, 1.165) is 0 Å². The van der Waals surface area contributed by atoms with E-state index < -0.39 is 15.9 Å². The van der Waals surface area contributed by atoms with Crippen LogP contribution in [0, 0.1) is 0 Å². The number of hydrazine groups is 1. The van der Waals surface area contributed by atoms with E-state index in [2.05, 4.69) is 10.3 Å². The first-order valence-electron chi connectivity index (χ1n) is 6.63. The quantitative estimate of drug-likeness (QED) is 0.794. The van der Waals surface area contributed by atoms with Crippen molar-refractivity contribution >= 4 is 15.9 Å². The van der Waals surface area contributed by atoms with Crippen molar-refractivity contribution in [3.63, 3.8) is 0 Å². The molecule has 0 aliphatic carbocycles. The molecule has 1 amide bonds. The smallest absolute Gasteiger partial charge is 0.266 e. The zero-order chi connectivity index (χ0) is 16.0. The third-order valence-corrected chi connectivity index (χ3v) is 4.04. The van der Waals surface area contributed by atoms with Gasteiger partial charge in [-0.05, 0) is 43.3 Å². The molecule has 0 atom stereocenters. The minimum absolute atomic E-state index is 0.0318. The average molecular weight is 320 g/mol. The number of carbonyl (C=O) groups is 1. The standard InChI is InChI=1S/C15H16N2O4S/c1-2-21-13-8-10-14(11-9-13)22(19,20)17-16-15(18)12-6-4-3-5-7-12/h3-11,17H,2H2,1H3,(H,16,18). The Labute approximate surface area is 129 Å². The lowest BCUT2D eigenvalue weighted by Gasteiger charge is -2.09. The van der Waals surface area contributed by atoms with E-state index in [0.29, 0.717) is 17.9 Å². The Morgan fingerprint density at radius 3 is 2.27 bits per heavy atom. The predicted octanol–water partition coefficient (Wildman–Crippen LogP) is 1.71. The highest BCUT2D eigenvalue weighted by Crippen LogP contribution is 2.15. The number of hydrogen-bond acceptors (Lipinski definition) is 4. The molecule has 0 spiro atoms. The van der Waals surface area contributed by atoms with E-state index in [1.165, 1.54) is 12.1 Å². The van der Waals surface area contributed by atoms with Crippen LogP contribution in [0.2, 0.25) is 0 Å². The SMILES string of the molecule is CCOc1ccc(S(=O)(=O)NNC(=O)c2ccccc2)cc1. The monoisotopic (exact) mass is 320 g/mol. The molecule has 2 aromatic rings. The summed E-state index contributed by atoms with van der Waals surface area (Å²) in [5.41, 5.74) is 2.53. The highest BCUT2D eigenvalue weighted by atomic mass is 32.2. The van der Waals surface area contributed by atoms with Gasteiger partial charge in [-0.25, -0.2) is 8.42 Å². The summed E-state index contributed by atoms with van der Waals surface area (Å²) in [7, 11) is -3.83. The van der Waals surface area contributed by atoms with Crippen LogP contribution in [-0.2, 0) is 10.0 Å². The van der Waals surface area contributed by atoms with Gasteiger partial charge < -0.3 is 4.74 Å². The lowest BCUT2D eigenvalue weighted by molar-refractivity contribution is 0.0945. The lowest BCUT2D eigenvalue weighted by Crippen LogP contribution is -2.41. The molecule has 0 fully saturated rings. The van der Waals surface area contributed by atoms with Crippen molar-refractivity contribution in [1.29, 1.82) is 0 Å². The van der Waals surface area contributed by atoms with Gasteiger partial charge in [-0.2, -0.15) is 0 Å². The van der Waals surface area contributed by atoms with Crippen LogP contribution in [0.25, 0.3) is 0 Å². The van der Waals surface area contributed by atoms with Crippen molar-refractivity contribution in [2.24, 2.45) is 0 Å². The second-order valence-corrected chi connectivity index (χ2v) is 6.01. The summed E-state index contributed by atoms with van der Waals surface area (Å²) in [6.07, 6.45) is 0. The Balaban J connectivity index is 2.03.